The van der Waals surface area contributed by atoms with Crippen LogP contribution in [-0.4, -0.2) is 34.8 Å². The summed E-state index contributed by atoms with van der Waals surface area (Å²) in [5, 5.41) is 24.6. The van der Waals surface area contributed by atoms with Gasteiger partial charge in [0.05, 0.1) is 5.60 Å². The van der Waals surface area contributed by atoms with Gasteiger partial charge >= 0.3 is 0 Å². The van der Waals surface area contributed by atoms with Crippen LogP contribution < -0.4 is 11.1 Å². The van der Waals surface area contributed by atoms with Crippen molar-refractivity contribution in [2.24, 2.45) is 22.7 Å². The Kier molecular flexibility index (Phi) is 6.36. The number of nitrogens with two attached hydrogens (primary N) is 1. The molecule has 0 saturated heterocycles. The minimum absolute atomic E-state index is 0.0418. The van der Waals surface area contributed by atoms with E-state index < -0.39 is 5.60 Å². The lowest BCUT2D eigenvalue weighted by Gasteiger charge is -2.26. The van der Waals surface area contributed by atoms with Crippen molar-refractivity contribution in [3.05, 3.63) is 0 Å². The molecule has 0 heterocycles. The predicted molar refractivity (Wildman–Crippen MR) is 65.5 cm³/mol. The molecule has 0 aromatic carbocycles. The van der Waals surface area contributed by atoms with E-state index in [2.05, 4.69) is 24.3 Å². The molecular formula is C11H25N3O2. The third-order valence-electron chi connectivity index (χ3n) is 2.42. The second-order valence-electron chi connectivity index (χ2n) is 5.15. The summed E-state index contributed by atoms with van der Waals surface area (Å²) in [4.78, 5) is 0. The van der Waals surface area contributed by atoms with Gasteiger partial charge in [-0.05, 0) is 19.3 Å². The van der Waals surface area contributed by atoms with Crippen LogP contribution in [0.4, 0.5) is 0 Å². The summed E-state index contributed by atoms with van der Waals surface area (Å²) in [5.74, 6) is 0.620. The van der Waals surface area contributed by atoms with E-state index >= 15 is 0 Å². The van der Waals surface area contributed by atoms with Crippen LogP contribution >= 0.6 is 0 Å². The number of hydrogen-bond donors (Lipinski definition) is 4. The Bertz CT molecular complexity index is 227. The highest BCUT2D eigenvalue weighted by atomic mass is 16.4. The normalized spacial score (nSPS) is 18.5. The van der Waals surface area contributed by atoms with E-state index in [4.69, 9.17) is 10.9 Å². The molecule has 0 saturated carbocycles. The average molecular weight is 231 g/mol. The lowest BCUT2D eigenvalue weighted by Crippen LogP contribution is -2.42. The molecule has 5 N–H and O–H groups in total. The van der Waals surface area contributed by atoms with E-state index in [9.17, 15) is 5.11 Å². The van der Waals surface area contributed by atoms with Gasteiger partial charge in [-0.3, -0.25) is 0 Å². The molecule has 0 aromatic rings. The highest BCUT2D eigenvalue weighted by molar-refractivity contribution is 5.82. The van der Waals surface area contributed by atoms with Crippen molar-refractivity contribution in [2.45, 2.75) is 39.7 Å². The number of hydrogen-bond acceptors (Lipinski definition) is 4. The summed E-state index contributed by atoms with van der Waals surface area (Å²) < 4.78 is 0. The molecule has 2 atom stereocenters. The molecule has 0 spiro atoms. The highest BCUT2D eigenvalue weighted by Crippen LogP contribution is 2.15. The van der Waals surface area contributed by atoms with Gasteiger partial charge < -0.3 is 21.4 Å². The van der Waals surface area contributed by atoms with Gasteiger partial charge in [0.15, 0.2) is 0 Å². The second kappa shape index (κ2) is 6.70. The van der Waals surface area contributed by atoms with Crippen molar-refractivity contribution in [3.63, 3.8) is 0 Å². The molecule has 0 amide bonds. The van der Waals surface area contributed by atoms with Crippen LogP contribution in [0, 0.1) is 11.8 Å². The van der Waals surface area contributed by atoms with Crippen molar-refractivity contribution in [3.8, 4) is 0 Å². The largest absolute Gasteiger partial charge is 0.409 e. The van der Waals surface area contributed by atoms with Gasteiger partial charge in [0.25, 0.3) is 0 Å². The molecule has 96 valence electrons. The van der Waals surface area contributed by atoms with Gasteiger partial charge in [-0.2, -0.15) is 0 Å². The van der Waals surface area contributed by atoms with Crippen molar-refractivity contribution in [1.82, 2.24) is 5.32 Å². The fourth-order valence-corrected chi connectivity index (χ4v) is 1.71. The first-order valence-electron chi connectivity index (χ1n) is 5.69. The fraction of sp³-hybridized carbons (Fsp3) is 0.909. The Morgan fingerprint density at radius 2 is 2.00 bits per heavy atom. The van der Waals surface area contributed by atoms with Crippen molar-refractivity contribution < 1.29 is 10.3 Å². The van der Waals surface area contributed by atoms with Crippen molar-refractivity contribution in [2.75, 3.05) is 13.1 Å². The van der Waals surface area contributed by atoms with Gasteiger partial charge in [0.2, 0.25) is 0 Å². The number of rotatable bonds is 7. The zero-order valence-corrected chi connectivity index (χ0v) is 10.7. The molecule has 5 nitrogen and oxygen atoms in total. The molecule has 0 rings (SSSR count). The smallest absolute Gasteiger partial charge is 0.143 e. The van der Waals surface area contributed by atoms with E-state index in [0.29, 0.717) is 19.0 Å². The summed E-state index contributed by atoms with van der Waals surface area (Å²) in [6.07, 6.45) is 0.748. The van der Waals surface area contributed by atoms with Crippen LogP contribution in [0.3, 0.4) is 0 Å². The maximum absolute atomic E-state index is 10.0. The zero-order chi connectivity index (χ0) is 12.8. The summed E-state index contributed by atoms with van der Waals surface area (Å²) in [7, 11) is 0. The van der Waals surface area contributed by atoms with Crippen LogP contribution in [0.15, 0.2) is 5.16 Å². The van der Waals surface area contributed by atoms with Gasteiger partial charge in [-0.1, -0.05) is 25.9 Å². The summed E-state index contributed by atoms with van der Waals surface area (Å²) in [6.45, 7) is 8.92. The topological polar surface area (TPSA) is 90.9 Å². The molecule has 0 bridgehead atoms. The number of oxime groups is 1. The first kappa shape index (κ1) is 15.2. The lowest BCUT2D eigenvalue weighted by molar-refractivity contribution is 0.0384. The maximum atomic E-state index is 10.0. The SMILES string of the molecule is CC(C)CC(C)(O)CNCC(C)C(N)=NO. The first-order valence-corrected chi connectivity index (χ1v) is 5.69. The molecule has 0 aliphatic heterocycles. The Labute approximate surface area is 97.7 Å². The predicted octanol–water partition coefficient (Wildman–Crippen LogP) is 0.756. The standard InChI is InChI=1S/C11H25N3O2/c1-8(2)5-11(4,15)7-13-6-9(3)10(12)14-16/h8-9,13,15-16H,5-7H2,1-4H3,(H2,12,14). The summed E-state index contributed by atoms with van der Waals surface area (Å²) in [6, 6.07) is 0. The summed E-state index contributed by atoms with van der Waals surface area (Å²) >= 11 is 0. The molecule has 2 unspecified atom stereocenters. The fourth-order valence-electron chi connectivity index (χ4n) is 1.71. The van der Waals surface area contributed by atoms with Crippen LogP contribution in [0.5, 0.6) is 0 Å². The van der Waals surface area contributed by atoms with Crippen LogP contribution in [-0.2, 0) is 0 Å². The van der Waals surface area contributed by atoms with Gasteiger partial charge in [0, 0.05) is 19.0 Å². The zero-order valence-electron chi connectivity index (χ0n) is 10.7. The molecule has 5 heteroatoms. The lowest BCUT2D eigenvalue weighted by atomic mass is 9.94. The molecule has 16 heavy (non-hydrogen) atoms. The van der Waals surface area contributed by atoms with Crippen LogP contribution in [0.2, 0.25) is 0 Å². The van der Waals surface area contributed by atoms with E-state index in [1.54, 1.807) is 0 Å². The van der Waals surface area contributed by atoms with Gasteiger partial charge in [-0.25, -0.2) is 0 Å². The number of amidine groups is 1. The average Bonchev–Trinajstić information content (AvgIpc) is 2.13. The maximum Gasteiger partial charge on any atom is 0.143 e. The van der Waals surface area contributed by atoms with Gasteiger partial charge in [0.1, 0.15) is 5.84 Å². The van der Waals surface area contributed by atoms with E-state index in [0.717, 1.165) is 6.42 Å². The molecule has 0 aliphatic rings. The Hall–Kier alpha value is -0.810. The third kappa shape index (κ3) is 6.63. The van der Waals surface area contributed by atoms with E-state index in [1.807, 2.05) is 13.8 Å². The monoisotopic (exact) mass is 231 g/mol. The highest BCUT2D eigenvalue weighted by Gasteiger charge is 2.21. The molecule has 0 aliphatic carbocycles. The molecule has 0 radical (unpaired) electrons. The first-order chi connectivity index (χ1) is 7.28. The minimum Gasteiger partial charge on any atom is -0.409 e. The van der Waals surface area contributed by atoms with Crippen molar-refractivity contribution in [1.29, 1.82) is 0 Å². The number of nitrogens with one attached hydrogen (secondary N) is 1. The van der Waals surface area contributed by atoms with Crippen molar-refractivity contribution >= 4 is 5.84 Å². The number of aliphatic hydroxyl groups is 1. The molecule has 0 fully saturated rings. The summed E-state index contributed by atoms with van der Waals surface area (Å²) in [5.41, 5.74) is 4.74. The van der Waals surface area contributed by atoms with Gasteiger partial charge in [-0.15, -0.1) is 0 Å². The second-order valence-corrected chi connectivity index (χ2v) is 5.15. The molecule has 0 aromatic heterocycles. The Morgan fingerprint density at radius 1 is 1.44 bits per heavy atom. The Morgan fingerprint density at radius 3 is 2.44 bits per heavy atom. The number of nitrogens with zero attached hydrogens (tertiary/aromatic N) is 1. The third-order valence-corrected chi connectivity index (χ3v) is 2.42. The van der Waals surface area contributed by atoms with Crippen LogP contribution in [0.25, 0.3) is 0 Å². The molecular weight excluding hydrogens is 206 g/mol. The Balaban J connectivity index is 3.89. The van der Waals surface area contributed by atoms with Crippen LogP contribution in [0.1, 0.15) is 34.1 Å². The van der Waals surface area contributed by atoms with E-state index in [-0.39, 0.29) is 11.8 Å². The van der Waals surface area contributed by atoms with E-state index in [1.165, 1.54) is 0 Å². The quantitative estimate of drug-likeness (QED) is 0.225. The minimum atomic E-state index is -0.709.